The summed E-state index contributed by atoms with van der Waals surface area (Å²) in [5, 5.41) is 10.7. The van der Waals surface area contributed by atoms with Gasteiger partial charge < -0.3 is 33.5 Å². The first kappa shape index (κ1) is 17.1. The predicted molar refractivity (Wildman–Crippen MR) is 72.6 cm³/mol. The van der Waals surface area contributed by atoms with Gasteiger partial charge in [0.1, 0.15) is 18.3 Å². The van der Waals surface area contributed by atoms with Crippen LogP contribution in [0.25, 0.3) is 0 Å². The maximum atomic E-state index is 10.7. The molecule has 1 unspecified atom stereocenters. The minimum Gasteiger partial charge on any atom is -0.376 e. The fourth-order valence-electron chi connectivity index (χ4n) is 2.84. The van der Waals surface area contributed by atoms with Crippen molar-refractivity contribution in [1.29, 1.82) is 0 Å². The Balaban J connectivity index is 2.39. The van der Waals surface area contributed by atoms with Gasteiger partial charge in [0.2, 0.25) is 11.6 Å². The van der Waals surface area contributed by atoms with Crippen LogP contribution in [0.1, 0.15) is 27.2 Å². The Morgan fingerprint density at radius 1 is 1.10 bits per heavy atom. The van der Waals surface area contributed by atoms with E-state index in [2.05, 4.69) is 0 Å². The van der Waals surface area contributed by atoms with Gasteiger partial charge in [-0.05, 0) is 13.8 Å². The van der Waals surface area contributed by atoms with Crippen LogP contribution in [0, 0.1) is 0 Å². The molecule has 0 aromatic heterocycles. The Hall–Kier alpha value is -0.280. The zero-order valence-corrected chi connectivity index (χ0v) is 13.5. The second kappa shape index (κ2) is 5.73. The normalized spacial score (nSPS) is 50.7. The highest BCUT2D eigenvalue weighted by Gasteiger charge is 2.64. The van der Waals surface area contributed by atoms with Crippen molar-refractivity contribution in [2.45, 2.75) is 62.9 Å². The van der Waals surface area contributed by atoms with Crippen LogP contribution in [0.5, 0.6) is 0 Å². The van der Waals surface area contributed by atoms with Gasteiger partial charge in [0.25, 0.3) is 0 Å². The topological polar surface area (TPSA) is 75.6 Å². The third-order valence-corrected chi connectivity index (χ3v) is 4.73. The lowest BCUT2D eigenvalue weighted by Gasteiger charge is -2.57. The number of rotatable bonds is 4. The molecule has 0 saturated carbocycles. The summed E-state index contributed by atoms with van der Waals surface area (Å²) in [5.74, 6) is -3.77. The Kier molecular flexibility index (Phi) is 4.66. The first-order valence-corrected chi connectivity index (χ1v) is 7.14. The van der Waals surface area contributed by atoms with Gasteiger partial charge in [-0.3, -0.25) is 0 Å². The minimum absolute atomic E-state index is 0.217. The van der Waals surface area contributed by atoms with E-state index < -0.39 is 29.6 Å². The van der Waals surface area contributed by atoms with Crippen LogP contribution in [0.15, 0.2) is 0 Å². The molecule has 124 valence electrons. The molecule has 0 aromatic rings. The molecule has 0 aromatic carbocycles. The van der Waals surface area contributed by atoms with E-state index in [1.54, 1.807) is 21.0 Å². The van der Waals surface area contributed by atoms with Crippen molar-refractivity contribution < 1.29 is 33.5 Å². The Morgan fingerprint density at radius 2 is 1.67 bits per heavy atom. The predicted octanol–water partition coefficient (Wildman–Crippen LogP) is 0.639. The van der Waals surface area contributed by atoms with E-state index in [1.807, 2.05) is 6.92 Å². The lowest BCUT2D eigenvalue weighted by atomic mass is 9.91. The molecule has 2 fully saturated rings. The molecule has 2 aliphatic heterocycles. The van der Waals surface area contributed by atoms with Gasteiger partial charge >= 0.3 is 0 Å². The molecule has 7 nitrogen and oxygen atoms in total. The van der Waals surface area contributed by atoms with Gasteiger partial charge in [0.05, 0.1) is 6.61 Å². The van der Waals surface area contributed by atoms with E-state index in [4.69, 9.17) is 28.4 Å². The monoisotopic (exact) mass is 306 g/mol. The number of fused-ring (bicyclic) bond motifs is 1. The number of hydrogen-bond acceptors (Lipinski definition) is 7. The van der Waals surface area contributed by atoms with Crippen LogP contribution >= 0.6 is 0 Å². The van der Waals surface area contributed by atoms with E-state index in [1.165, 1.54) is 14.2 Å². The van der Waals surface area contributed by atoms with Gasteiger partial charge in [0, 0.05) is 27.8 Å². The SMILES string of the molecule is CCC1(O)OC[C@H](OC)[C@@H]2O[C@@](C)(OC)[C@](C)(OC)O[C@H]21. The van der Waals surface area contributed by atoms with Crippen molar-refractivity contribution in [2.75, 3.05) is 27.9 Å². The van der Waals surface area contributed by atoms with Crippen molar-refractivity contribution in [3.63, 3.8) is 0 Å². The molecule has 0 aliphatic carbocycles. The highest BCUT2D eigenvalue weighted by molar-refractivity contribution is 5.01. The second-order valence-corrected chi connectivity index (χ2v) is 5.70. The molecule has 0 radical (unpaired) electrons. The number of hydrogen-bond donors (Lipinski definition) is 1. The quantitative estimate of drug-likeness (QED) is 0.817. The standard InChI is InChI=1S/C14H26O7/c1-7-14(15)11-10(9(16-4)8-19-14)20-12(2,17-5)13(3,18-6)21-11/h9-11,15H,7-8H2,1-6H3/t9-,10-,11+,12+,13+,14?/m0/s1. The molecule has 21 heavy (non-hydrogen) atoms. The van der Waals surface area contributed by atoms with E-state index in [9.17, 15) is 5.11 Å². The third-order valence-electron chi connectivity index (χ3n) is 4.73. The zero-order chi connectivity index (χ0) is 15.9. The lowest BCUT2D eigenvalue weighted by molar-refractivity contribution is -0.493. The summed E-state index contributed by atoms with van der Waals surface area (Å²) in [6.07, 6.45) is -1.27. The maximum absolute atomic E-state index is 10.7. The molecule has 2 heterocycles. The molecule has 2 saturated heterocycles. The summed E-state index contributed by atoms with van der Waals surface area (Å²) in [6, 6.07) is 0. The molecule has 1 N–H and O–H groups in total. The van der Waals surface area contributed by atoms with Crippen LogP contribution in [-0.4, -0.2) is 68.7 Å². The maximum Gasteiger partial charge on any atom is 0.220 e. The summed E-state index contributed by atoms with van der Waals surface area (Å²) in [5.41, 5.74) is 0. The highest BCUT2D eigenvalue weighted by atomic mass is 16.8. The van der Waals surface area contributed by atoms with Crippen molar-refractivity contribution in [3.8, 4) is 0 Å². The molecule has 2 aliphatic rings. The van der Waals surface area contributed by atoms with Crippen LogP contribution in [0.2, 0.25) is 0 Å². The van der Waals surface area contributed by atoms with Gasteiger partial charge in [-0.25, -0.2) is 0 Å². The summed E-state index contributed by atoms with van der Waals surface area (Å²) >= 11 is 0. The molecular formula is C14H26O7. The molecule has 0 spiro atoms. The minimum atomic E-state index is -1.45. The number of aliphatic hydroxyl groups is 1. The number of ether oxygens (including phenoxy) is 6. The summed E-state index contributed by atoms with van der Waals surface area (Å²) < 4.78 is 34.0. The fraction of sp³-hybridized carbons (Fsp3) is 1.00. The molecular weight excluding hydrogens is 280 g/mol. The number of methoxy groups -OCH3 is 3. The van der Waals surface area contributed by atoms with E-state index in [0.717, 1.165) is 0 Å². The molecule has 6 atom stereocenters. The Labute approximate surface area is 125 Å². The van der Waals surface area contributed by atoms with Gasteiger partial charge in [-0.1, -0.05) is 6.92 Å². The molecule has 2 rings (SSSR count). The van der Waals surface area contributed by atoms with E-state index in [0.29, 0.717) is 6.42 Å². The summed E-state index contributed by atoms with van der Waals surface area (Å²) in [4.78, 5) is 0. The van der Waals surface area contributed by atoms with E-state index in [-0.39, 0.29) is 12.7 Å². The van der Waals surface area contributed by atoms with Crippen molar-refractivity contribution in [2.24, 2.45) is 0 Å². The Morgan fingerprint density at radius 3 is 2.14 bits per heavy atom. The van der Waals surface area contributed by atoms with Gasteiger partial charge in [-0.2, -0.15) is 0 Å². The van der Waals surface area contributed by atoms with Crippen LogP contribution in [-0.2, 0) is 28.4 Å². The van der Waals surface area contributed by atoms with Crippen LogP contribution < -0.4 is 0 Å². The van der Waals surface area contributed by atoms with Gasteiger partial charge in [0.15, 0.2) is 5.79 Å². The first-order valence-electron chi connectivity index (χ1n) is 7.14. The second-order valence-electron chi connectivity index (χ2n) is 5.70. The van der Waals surface area contributed by atoms with Crippen LogP contribution in [0.3, 0.4) is 0 Å². The molecule has 0 bridgehead atoms. The van der Waals surface area contributed by atoms with Gasteiger partial charge in [-0.15, -0.1) is 0 Å². The van der Waals surface area contributed by atoms with Crippen molar-refractivity contribution >= 4 is 0 Å². The summed E-state index contributed by atoms with van der Waals surface area (Å²) in [6.45, 7) is 5.48. The van der Waals surface area contributed by atoms with Crippen molar-refractivity contribution in [1.82, 2.24) is 0 Å². The molecule has 7 heteroatoms. The fourth-order valence-corrected chi connectivity index (χ4v) is 2.84. The Bertz CT molecular complexity index is 378. The van der Waals surface area contributed by atoms with Crippen LogP contribution in [0.4, 0.5) is 0 Å². The van der Waals surface area contributed by atoms with Crippen molar-refractivity contribution in [3.05, 3.63) is 0 Å². The third kappa shape index (κ3) is 2.50. The molecule has 0 amide bonds. The highest BCUT2D eigenvalue weighted by Crippen LogP contribution is 2.45. The summed E-state index contributed by atoms with van der Waals surface area (Å²) in [7, 11) is 4.59. The average Bonchev–Trinajstić information content (AvgIpc) is 2.50. The van der Waals surface area contributed by atoms with E-state index >= 15 is 0 Å². The largest absolute Gasteiger partial charge is 0.376 e. The smallest absolute Gasteiger partial charge is 0.220 e. The first-order chi connectivity index (χ1) is 9.79. The zero-order valence-electron chi connectivity index (χ0n) is 13.5. The average molecular weight is 306 g/mol. The lowest BCUT2D eigenvalue weighted by Crippen LogP contribution is -2.74.